The van der Waals surface area contributed by atoms with Crippen molar-refractivity contribution in [1.82, 2.24) is 24.6 Å². The summed E-state index contributed by atoms with van der Waals surface area (Å²) in [5.74, 6) is -0.413. The average Bonchev–Trinajstić information content (AvgIpc) is 3.64. The molecule has 5 rings (SSSR count). The van der Waals surface area contributed by atoms with Gasteiger partial charge < -0.3 is 10.2 Å². The minimum Gasteiger partial charge on any atom is -0.327 e. The molecule has 170 valence electrons. The molecule has 2 amide bonds. The maximum absolute atomic E-state index is 13.1. The molecule has 0 bridgehead atoms. The van der Waals surface area contributed by atoms with Crippen molar-refractivity contribution < 1.29 is 9.59 Å². The van der Waals surface area contributed by atoms with Gasteiger partial charge in [-0.1, -0.05) is 18.2 Å². The highest BCUT2D eigenvalue weighted by molar-refractivity contribution is 7.13. The van der Waals surface area contributed by atoms with Gasteiger partial charge in [-0.25, -0.2) is 9.67 Å². The lowest BCUT2D eigenvalue weighted by Gasteiger charge is -2.22. The zero-order valence-corrected chi connectivity index (χ0v) is 19.1. The number of nitrogens with zero attached hydrogens (tertiary/aromatic N) is 5. The van der Waals surface area contributed by atoms with E-state index >= 15 is 0 Å². The van der Waals surface area contributed by atoms with Gasteiger partial charge in [0.1, 0.15) is 11.7 Å². The molecule has 1 aliphatic heterocycles. The zero-order valence-electron chi connectivity index (χ0n) is 18.2. The largest absolute Gasteiger partial charge is 0.327 e. The Kier molecular flexibility index (Phi) is 6.26. The Morgan fingerprint density at radius 3 is 2.76 bits per heavy atom. The van der Waals surface area contributed by atoms with E-state index in [9.17, 15) is 9.59 Å². The van der Waals surface area contributed by atoms with Gasteiger partial charge in [0.15, 0.2) is 5.13 Å². The minimum atomic E-state index is -0.508. The van der Waals surface area contributed by atoms with Gasteiger partial charge in [-0.15, -0.1) is 11.3 Å². The molecule has 0 saturated carbocycles. The number of anilines is 1. The number of rotatable bonds is 6. The monoisotopic (exact) mass is 470 g/mol. The minimum absolute atomic E-state index is 0.206. The molecule has 1 saturated heterocycles. The highest BCUT2D eigenvalue weighted by atomic mass is 32.1. The maximum atomic E-state index is 13.1. The van der Waals surface area contributed by atoms with Crippen LogP contribution in [0.25, 0.3) is 23.0 Å². The number of hydrogen-bond acceptors (Lipinski definition) is 6. The molecular formula is C25H22N6O2S. The number of carbonyl (C=O) groups excluding carboxylic acids is 2. The first kappa shape index (κ1) is 21.7. The van der Waals surface area contributed by atoms with Gasteiger partial charge >= 0.3 is 0 Å². The second-order valence-corrected chi connectivity index (χ2v) is 8.70. The molecule has 0 aliphatic carbocycles. The van der Waals surface area contributed by atoms with Crippen LogP contribution in [0, 0.1) is 0 Å². The molecule has 0 spiro atoms. The Morgan fingerprint density at radius 2 is 2.00 bits per heavy atom. The van der Waals surface area contributed by atoms with Crippen LogP contribution in [0.1, 0.15) is 18.4 Å². The molecule has 3 aromatic heterocycles. The lowest BCUT2D eigenvalue weighted by molar-refractivity contribution is -0.132. The van der Waals surface area contributed by atoms with Crippen LogP contribution in [0.3, 0.4) is 0 Å². The Balaban J connectivity index is 1.39. The number of pyridine rings is 1. The topological polar surface area (TPSA) is 93.0 Å². The molecule has 4 aromatic rings. The van der Waals surface area contributed by atoms with Crippen molar-refractivity contribution in [1.29, 1.82) is 0 Å². The summed E-state index contributed by atoms with van der Waals surface area (Å²) in [5.41, 5.74) is 3.27. The fourth-order valence-corrected chi connectivity index (χ4v) is 4.52. The second-order valence-electron chi connectivity index (χ2n) is 7.80. The summed E-state index contributed by atoms with van der Waals surface area (Å²) >= 11 is 1.35. The summed E-state index contributed by atoms with van der Waals surface area (Å²) in [6, 6.07) is 13.1. The van der Waals surface area contributed by atoms with E-state index in [1.165, 1.54) is 17.4 Å². The van der Waals surface area contributed by atoms with Gasteiger partial charge in [0, 0.05) is 53.9 Å². The van der Waals surface area contributed by atoms with Crippen molar-refractivity contribution in [3.8, 4) is 16.9 Å². The first-order chi connectivity index (χ1) is 16.7. The van der Waals surface area contributed by atoms with Crippen LogP contribution in [-0.4, -0.2) is 49.0 Å². The van der Waals surface area contributed by atoms with Crippen LogP contribution in [0.5, 0.6) is 0 Å². The molecule has 8 nitrogen and oxygen atoms in total. The molecule has 1 fully saturated rings. The number of benzene rings is 1. The predicted molar refractivity (Wildman–Crippen MR) is 131 cm³/mol. The summed E-state index contributed by atoms with van der Waals surface area (Å²) < 4.78 is 1.78. The Labute approximate surface area is 200 Å². The first-order valence-corrected chi connectivity index (χ1v) is 11.8. The molecule has 4 heterocycles. The number of amides is 2. The van der Waals surface area contributed by atoms with Crippen LogP contribution >= 0.6 is 11.3 Å². The fourth-order valence-electron chi connectivity index (χ4n) is 3.98. The van der Waals surface area contributed by atoms with Crippen LogP contribution in [0.4, 0.5) is 5.13 Å². The number of thiazole rings is 1. The molecular weight excluding hydrogens is 448 g/mol. The fraction of sp³-hybridized carbons (Fsp3) is 0.160. The Hall–Kier alpha value is -4.11. The SMILES string of the molecule is O=C(Nc1nccs1)C1CCCN1C(=O)/C=C/c1cn(-c2ccccc2)nc1-c1cccnc1. The van der Waals surface area contributed by atoms with Crippen LogP contribution in [0.15, 0.2) is 78.7 Å². The molecule has 9 heteroatoms. The Morgan fingerprint density at radius 1 is 1.12 bits per heavy atom. The van der Waals surface area contributed by atoms with Crippen LogP contribution in [0.2, 0.25) is 0 Å². The van der Waals surface area contributed by atoms with Crippen molar-refractivity contribution in [2.45, 2.75) is 18.9 Å². The Bertz CT molecular complexity index is 1300. The molecule has 1 aromatic carbocycles. The first-order valence-electron chi connectivity index (χ1n) is 10.9. The third-order valence-corrected chi connectivity index (χ3v) is 6.29. The van der Waals surface area contributed by atoms with Crippen LogP contribution in [-0.2, 0) is 9.59 Å². The van der Waals surface area contributed by atoms with Crippen molar-refractivity contribution in [3.63, 3.8) is 0 Å². The number of para-hydroxylation sites is 1. The number of aromatic nitrogens is 4. The van der Waals surface area contributed by atoms with Gasteiger partial charge in [0.05, 0.1) is 5.69 Å². The third-order valence-electron chi connectivity index (χ3n) is 5.60. The molecule has 34 heavy (non-hydrogen) atoms. The van der Waals surface area contributed by atoms with Gasteiger partial charge in [-0.05, 0) is 43.2 Å². The van der Waals surface area contributed by atoms with E-state index in [1.807, 2.05) is 48.7 Å². The summed E-state index contributed by atoms with van der Waals surface area (Å²) in [7, 11) is 0. The number of likely N-dealkylation sites (tertiary alicyclic amines) is 1. The van der Waals surface area contributed by atoms with E-state index in [4.69, 9.17) is 5.10 Å². The average molecular weight is 471 g/mol. The maximum Gasteiger partial charge on any atom is 0.248 e. The summed E-state index contributed by atoms with van der Waals surface area (Å²) in [6.45, 7) is 0.540. The van der Waals surface area contributed by atoms with Gasteiger partial charge in [0.2, 0.25) is 11.8 Å². The smallest absolute Gasteiger partial charge is 0.248 e. The zero-order chi connectivity index (χ0) is 23.3. The molecule has 1 N–H and O–H groups in total. The van der Waals surface area contributed by atoms with Gasteiger partial charge in [-0.3, -0.25) is 14.6 Å². The molecule has 1 atom stereocenters. The molecule has 1 unspecified atom stereocenters. The van der Waals surface area contributed by atoms with Crippen molar-refractivity contribution in [3.05, 3.63) is 84.3 Å². The number of carbonyl (C=O) groups is 2. The van der Waals surface area contributed by atoms with E-state index in [1.54, 1.807) is 39.6 Å². The normalized spacial score (nSPS) is 15.6. The molecule has 1 aliphatic rings. The van der Waals surface area contributed by atoms with E-state index in [0.29, 0.717) is 18.1 Å². The van der Waals surface area contributed by atoms with E-state index < -0.39 is 6.04 Å². The third kappa shape index (κ3) is 4.65. The van der Waals surface area contributed by atoms with E-state index in [0.717, 1.165) is 28.9 Å². The lowest BCUT2D eigenvalue weighted by Crippen LogP contribution is -2.42. The van der Waals surface area contributed by atoms with Crippen molar-refractivity contribution in [2.75, 3.05) is 11.9 Å². The van der Waals surface area contributed by atoms with Gasteiger partial charge in [-0.2, -0.15) is 5.10 Å². The number of nitrogens with one attached hydrogen (secondary N) is 1. The highest BCUT2D eigenvalue weighted by Crippen LogP contribution is 2.25. The van der Waals surface area contributed by atoms with Crippen molar-refractivity contribution >= 4 is 34.4 Å². The predicted octanol–water partition coefficient (Wildman–Crippen LogP) is 4.03. The second kappa shape index (κ2) is 9.80. The summed E-state index contributed by atoms with van der Waals surface area (Å²) in [5, 5.41) is 9.88. The van der Waals surface area contributed by atoms with Crippen LogP contribution < -0.4 is 5.32 Å². The lowest BCUT2D eigenvalue weighted by atomic mass is 10.1. The van der Waals surface area contributed by atoms with E-state index in [-0.39, 0.29) is 11.8 Å². The highest BCUT2D eigenvalue weighted by Gasteiger charge is 2.33. The van der Waals surface area contributed by atoms with E-state index in [2.05, 4.69) is 15.3 Å². The molecule has 0 radical (unpaired) electrons. The summed E-state index contributed by atoms with van der Waals surface area (Å²) in [4.78, 5) is 35.7. The van der Waals surface area contributed by atoms with Crippen molar-refractivity contribution in [2.24, 2.45) is 0 Å². The summed E-state index contributed by atoms with van der Waals surface area (Å²) in [6.07, 6.45) is 11.7. The number of hydrogen-bond donors (Lipinski definition) is 1. The standard InChI is InChI=1S/C25H22N6O2S/c32-22(30-14-5-9-21(30)24(33)28-25-27-13-15-34-25)11-10-19-17-31(20-7-2-1-3-8-20)29-23(19)18-6-4-12-26-16-18/h1-4,6-8,10-13,15-17,21H,5,9,14H2,(H,27,28,33)/b11-10+. The quantitative estimate of drug-likeness (QED) is 0.430. The van der Waals surface area contributed by atoms with Gasteiger partial charge in [0.25, 0.3) is 0 Å².